The molecular formula is C22H22N8O. The number of imidazole rings is 1. The van der Waals surface area contributed by atoms with Crippen molar-refractivity contribution in [3.05, 3.63) is 59.8 Å². The van der Waals surface area contributed by atoms with Gasteiger partial charge in [-0.1, -0.05) is 6.07 Å². The largest absolute Gasteiger partial charge is 0.437 e. The van der Waals surface area contributed by atoms with Gasteiger partial charge in [0.05, 0.1) is 18.2 Å². The van der Waals surface area contributed by atoms with Crippen molar-refractivity contribution in [2.45, 2.75) is 13.5 Å². The molecule has 4 rings (SSSR count). The van der Waals surface area contributed by atoms with E-state index >= 15 is 0 Å². The molecule has 0 bridgehead atoms. The van der Waals surface area contributed by atoms with Gasteiger partial charge in [-0.3, -0.25) is 0 Å². The SMILES string of the molecule is Cc1cc(C#N)ncc1Oc1cc(Nc2ccc(CN(C)C)cn2)c2ncn(C)c2n1. The molecule has 1 N–H and O–H groups in total. The van der Waals surface area contributed by atoms with Crippen LogP contribution in [0, 0.1) is 18.3 Å². The molecule has 0 atom stereocenters. The molecular weight excluding hydrogens is 392 g/mol. The Labute approximate surface area is 180 Å². The van der Waals surface area contributed by atoms with Crippen molar-refractivity contribution in [3.8, 4) is 17.7 Å². The number of ether oxygens (including phenoxy) is 1. The average molecular weight is 414 g/mol. The zero-order valence-electron chi connectivity index (χ0n) is 17.8. The fraction of sp³-hybridized carbons (Fsp3) is 0.227. The van der Waals surface area contributed by atoms with Gasteiger partial charge < -0.3 is 19.5 Å². The predicted molar refractivity (Wildman–Crippen MR) is 117 cm³/mol. The molecule has 31 heavy (non-hydrogen) atoms. The summed E-state index contributed by atoms with van der Waals surface area (Å²) in [7, 11) is 5.92. The molecule has 0 aliphatic heterocycles. The van der Waals surface area contributed by atoms with Crippen LogP contribution in [0.2, 0.25) is 0 Å². The second-order valence-electron chi connectivity index (χ2n) is 7.50. The minimum atomic E-state index is 0.339. The first-order valence-electron chi connectivity index (χ1n) is 9.66. The van der Waals surface area contributed by atoms with Gasteiger partial charge in [-0.15, -0.1) is 0 Å². The highest BCUT2D eigenvalue weighted by Crippen LogP contribution is 2.31. The lowest BCUT2D eigenvalue weighted by Crippen LogP contribution is -2.10. The van der Waals surface area contributed by atoms with Gasteiger partial charge in [-0.05, 0) is 44.3 Å². The van der Waals surface area contributed by atoms with Crippen molar-refractivity contribution in [1.82, 2.24) is 29.4 Å². The number of nitrogens with zero attached hydrogens (tertiary/aromatic N) is 7. The van der Waals surface area contributed by atoms with E-state index in [1.807, 2.05) is 57.0 Å². The summed E-state index contributed by atoms with van der Waals surface area (Å²) in [5.74, 6) is 1.62. The van der Waals surface area contributed by atoms with E-state index in [2.05, 4.69) is 30.2 Å². The van der Waals surface area contributed by atoms with Crippen LogP contribution in [0.25, 0.3) is 11.2 Å². The van der Waals surface area contributed by atoms with Gasteiger partial charge in [0, 0.05) is 25.9 Å². The lowest BCUT2D eigenvalue weighted by atomic mass is 10.2. The molecule has 0 aliphatic rings. The maximum Gasteiger partial charge on any atom is 0.223 e. The molecule has 0 aromatic carbocycles. The number of aromatic nitrogens is 5. The Morgan fingerprint density at radius 1 is 1.16 bits per heavy atom. The minimum absolute atomic E-state index is 0.339. The van der Waals surface area contributed by atoms with Gasteiger partial charge in [0.2, 0.25) is 5.88 Å². The number of aryl methyl sites for hydroxylation is 2. The second-order valence-corrected chi connectivity index (χ2v) is 7.50. The Bertz CT molecular complexity index is 1270. The van der Waals surface area contributed by atoms with Crippen LogP contribution in [0.1, 0.15) is 16.8 Å². The number of rotatable bonds is 6. The number of hydrogen-bond acceptors (Lipinski definition) is 8. The number of pyridine rings is 3. The van der Waals surface area contributed by atoms with E-state index in [9.17, 15) is 0 Å². The van der Waals surface area contributed by atoms with Gasteiger partial charge >= 0.3 is 0 Å². The predicted octanol–water partition coefficient (Wildman–Crippen LogP) is 3.54. The molecule has 0 aliphatic carbocycles. The molecule has 0 amide bonds. The summed E-state index contributed by atoms with van der Waals surface area (Å²) < 4.78 is 7.82. The average Bonchev–Trinajstić information content (AvgIpc) is 3.11. The van der Waals surface area contributed by atoms with Gasteiger partial charge in [0.15, 0.2) is 11.4 Å². The number of hydrogen-bond donors (Lipinski definition) is 1. The lowest BCUT2D eigenvalue weighted by Gasteiger charge is -2.12. The summed E-state index contributed by atoms with van der Waals surface area (Å²) in [5.41, 5.74) is 4.37. The van der Waals surface area contributed by atoms with Crippen LogP contribution in [0.4, 0.5) is 11.5 Å². The molecule has 4 heterocycles. The zero-order valence-corrected chi connectivity index (χ0v) is 17.8. The Balaban J connectivity index is 1.66. The molecule has 4 aromatic heterocycles. The number of nitriles is 1. The normalized spacial score (nSPS) is 11.0. The highest BCUT2D eigenvalue weighted by Gasteiger charge is 2.14. The van der Waals surface area contributed by atoms with Crippen molar-refractivity contribution in [1.29, 1.82) is 5.26 Å². The smallest absolute Gasteiger partial charge is 0.223 e. The van der Waals surface area contributed by atoms with Gasteiger partial charge in [-0.2, -0.15) is 10.2 Å². The fourth-order valence-corrected chi connectivity index (χ4v) is 3.14. The standard InChI is InChI=1S/C22H22N8O/c1-14-7-16(9-23)24-11-18(14)31-20-8-17(21-22(28-20)30(4)13-26-21)27-19-6-5-15(10-25-19)12-29(2)3/h5-8,10-11,13H,12H2,1-4H3,(H,25,27,28). The summed E-state index contributed by atoms with van der Waals surface area (Å²) in [6.45, 7) is 2.68. The van der Waals surface area contributed by atoms with Crippen LogP contribution in [-0.2, 0) is 13.6 Å². The highest BCUT2D eigenvalue weighted by molar-refractivity contribution is 5.88. The maximum atomic E-state index is 9.01. The molecule has 0 radical (unpaired) electrons. The van der Waals surface area contributed by atoms with Crippen LogP contribution < -0.4 is 10.1 Å². The summed E-state index contributed by atoms with van der Waals surface area (Å²) in [6.07, 6.45) is 5.08. The molecule has 156 valence electrons. The molecule has 0 saturated heterocycles. The van der Waals surface area contributed by atoms with E-state index in [0.717, 1.165) is 23.4 Å². The lowest BCUT2D eigenvalue weighted by molar-refractivity contribution is 0.402. The van der Waals surface area contributed by atoms with Crippen molar-refractivity contribution in [3.63, 3.8) is 0 Å². The second kappa shape index (κ2) is 8.38. The van der Waals surface area contributed by atoms with Crippen LogP contribution in [0.5, 0.6) is 11.6 Å². The molecule has 0 spiro atoms. The molecule has 0 fully saturated rings. The van der Waals surface area contributed by atoms with Crippen molar-refractivity contribution in [2.24, 2.45) is 7.05 Å². The summed E-state index contributed by atoms with van der Waals surface area (Å²) in [6, 6.07) is 9.45. The first-order valence-corrected chi connectivity index (χ1v) is 9.66. The van der Waals surface area contributed by atoms with E-state index in [4.69, 9.17) is 10.00 Å². The van der Waals surface area contributed by atoms with E-state index in [-0.39, 0.29) is 0 Å². The van der Waals surface area contributed by atoms with Crippen LogP contribution in [0.15, 0.2) is 43.0 Å². The van der Waals surface area contributed by atoms with E-state index in [1.165, 1.54) is 6.20 Å². The monoisotopic (exact) mass is 414 g/mol. The Hall–Kier alpha value is -4.03. The molecule has 9 nitrogen and oxygen atoms in total. The first-order chi connectivity index (χ1) is 14.9. The fourth-order valence-electron chi connectivity index (χ4n) is 3.14. The quantitative estimate of drug-likeness (QED) is 0.511. The zero-order chi connectivity index (χ0) is 22.0. The van der Waals surface area contributed by atoms with E-state index in [0.29, 0.717) is 34.3 Å². The van der Waals surface area contributed by atoms with Gasteiger partial charge in [0.1, 0.15) is 23.1 Å². The number of fused-ring (bicyclic) bond motifs is 1. The highest BCUT2D eigenvalue weighted by atomic mass is 16.5. The molecule has 0 unspecified atom stereocenters. The van der Waals surface area contributed by atoms with Crippen LogP contribution >= 0.6 is 0 Å². The third-order valence-corrected chi connectivity index (χ3v) is 4.62. The van der Waals surface area contributed by atoms with E-state index < -0.39 is 0 Å². The third kappa shape index (κ3) is 4.44. The molecule has 9 heteroatoms. The summed E-state index contributed by atoms with van der Waals surface area (Å²) in [4.78, 5) is 19.7. The Morgan fingerprint density at radius 2 is 2.00 bits per heavy atom. The molecule has 0 saturated carbocycles. The van der Waals surface area contributed by atoms with Gasteiger partial charge in [-0.25, -0.2) is 15.0 Å². The van der Waals surface area contributed by atoms with Crippen molar-refractivity contribution >= 4 is 22.7 Å². The Morgan fingerprint density at radius 3 is 2.68 bits per heavy atom. The van der Waals surface area contributed by atoms with Gasteiger partial charge in [0.25, 0.3) is 0 Å². The summed E-state index contributed by atoms with van der Waals surface area (Å²) in [5, 5.41) is 12.3. The molecule has 4 aromatic rings. The number of nitrogens with one attached hydrogen (secondary N) is 1. The van der Waals surface area contributed by atoms with E-state index in [1.54, 1.807) is 18.5 Å². The van der Waals surface area contributed by atoms with Crippen molar-refractivity contribution in [2.75, 3.05) is 19.4 Å². The Kier molecular flexibility index (Phi) is 5.47. The van der Waals surface area contributed by atoms with Crippen LogP contribution in [0.3, 0.4) is 0 Å². The van der Waals surface area contributed by atoms with Crippen LogP contribution in [-0.4, -0.2) is 43.5 Å². The first kappa shape index (κ1) is 20.3. The maximum absolute atomic E-state index is 9.01. The number of anilines is 2. The minimum Gasteiger partial charge on any atom is -0.437 e. The topological polar surface area (TPSA) is 105 Å². The summed E-state index contributed by atoms with van der Waals surface area (Å²) >= 11 is 0. The third-order valence-electron chi connectivity index (χ3n) is 4.62. The van der Waals surface area contributed by atoms with Crippen molar-refractivity contribution < 1.29 is 4.74 Å².